The van der Waals surface area contributed by atoms with E-state index in [4.69, 9.17) is 4.98 Å². The van der Waals surface area contributed by atoms with E-state index in [0.29, 0.717) is 11.7 Å². The van der Waals surface area contributed by atoms with Crippen LogP contribution in [0, 0.1) is 0 Å². The first-order valence-electron chi connectivity index (χ1n) is 11.5. The summed E-state index contributed by atoms with van der Waals surface area (Å²) >= 11 is 0. The Morgan fingerprint density at radius 1 is 0.969 bits per heavy atom. The minimum atomic E-state index is -0.102. The molecule has 0 unspecified atom stereocenters. The fourth-order valence-corrected chi connectivity index (χ4v) is 4.66. The molecule has 5 heterocycles. The van der Waals surface area contributed by atoms with E-state index in [9.17, 15) is 4.79 Å². The zero-order valence-electron chi connectivity index (χ0n) is 18.3. The van der Waals surface area contributed by atoms with Crippen molar-refractivity contribution in [2.45, 2.75) is 44.6 Å². The molecule has 3 aromatic rings. The average molecular weight is 432 g/mol. The molecule has 0 atom stereocenters. The van der Waals surface area contributed by atoms with Crippen molar-refractivity contribution in [3.63, 3.8) is 0 Å². The van der Waals surface area contributed by atoms with Crippen molar-refractivity contribution in [3.8, 4) is 11.4 Å². The van der Waals surface area contributed by atoms with Crippen LogP contribution in [0.25, 0.3) is 11.4 Å². The zero-order valence-corrected chi connectivity index (χ0v) is 18.3. The second kappa shape index (κ2) is 9.56. The van der Waals surface area contributed by atoms with E-state index in [-0.39, 0.29) is 5.56 Å². The summed E-state index contributed by atoms with van der Waals surface area (Å²) < 4.78 is 0. The topological polar surface area (TPSA) is 90.9 Å². The van der Waals surface area contributed by atoms with E-state index in [2.05, 4.69) is 29.7 Å². The number of aromatic amines is 1. The fraction of sp³-hybridized carbons (Fsp3) is 0.458. The Kier molecular flexibility index (Phi) is 6.20. The molecule has 0 spiro atoms. The largest absolute Gasteiger partial charge is 0.341 e. The minimum Gasteiger partial charge on any atom is -0.341 e. The second-order valence-electron chi connectivity index (χ2n) is 8.74. The monoisotopic (exact) mass is 431 g/mol. The Balaban J connectivity index is 1.19. The van der Waals surface area contributed by atoms with Gasteiger partial charge in [0.05, 0.1) is 5.69 Å². The lowest BCUT2D eigenvalue weighted by Crippen LogP contribution is -2.33. The van der Waals surface area contributed by atoms with Gasteiger partial charge >= 0.3 is 0 Å². The van der Waals surface area contributed by atoms with Gasteiger partial charge < -0.3 is 9.88 Å². The van der Waals surface area contributed by atoms with Crippen molar-refractivity contribution < 1.29 is 0 Å². The van der Waals surface area contributed by atoms with Crippen LogP contribution in [0.1, 0.15) is 49.3 Å². The lowest BCUT2D eigenvalue weighted by molar-refractivity contribution is 0.203. The third-order valence-corrected chi connectivity index (χ3v) is 6.46. The van der Waals surface area contributed by atoms with Crippen LogP contribution in [0.2, 0.25) is 0 Å². The highest BCUT2D eigenvalue weighted by Gasteiger charge is 2.23. The number of hydrogen-bond donors (Lipinski definition) is 1. The molecular weight excluding hydrogens is 402 g/mol. The molecular formula is C24H29N7O. The first kappa shape index (κ1) is 20.8. The van der Waals surface area contributed by atoms with Gasteiger partial charge in [-0.3, -0.25) is 14.7 Å². The van der Waals surface area contributed by atoms with E-state index in [1.807, 2.05) is 24.5 Å². The minimum absolute atomic E-state index is 0.102. The van der Waals surface area contributed by atoms with Crippen molar-refractivity contribution in [1.82, 2.24) is 29.8 Å². The van der Waals surface area contributed by atoms with E-state index in [1.165, 1.54) is 19.3 Å². The van der Waals surface area contributed by atoms with Gasteiger partial charge in [0.2, 0.25) is 5.95 Å². The normalized spacial score (nSPS) is 18.1. The molecule has 8 heteroatoms. The summed E-state index contributed by atoms with van der Waals surface area (Å²) in [7, 11) is 0. The van der Waals surface area contributed by atoms with Crippen molar-refractivity contribution >= 4 is 5.95 Å². The van der Waals surface area contributed by atoms with Gasteiger partial charge in [-0.2, -0.15) is 0 Å². The van der Waals surface area contributed by atoms with Crippen molar-refractivity contribution in [2.24, 2.45) is 0 Å². The number of aromatic nitrogens is 5. The van der Waals surface area contributed by atoms with E-state index < -0.39 is 0 Å². The van der Waals surface area contributed by atoms with Crippen LogP contribution in [0.4, 0.5) is 5.95 Å². The maximum absolute atomic E-state index is 12.2. The molecule has 5 rings (SSSR count). The van der Waals surface area contributed by atoms with Crippen LogP contribution in [0.3, 0.4) is 0 Å². The number of piperidine rings is 2. The average Bonchev–Trinajstić information content (AvgIpc) is 2.86. The SMILES string of the molecule is O=c1cc(C2CCN(Cc3cnc(N4CCCCC4)nc3)CC2)nc(-c2ccncc2)[nH]1. The fourth-order valence-electron chi connectivity index (χ4n) is 4.66. The van der Waals surface area contributed by atoms with E-state index in [0.717, 1.165) is 68.3 Å². The van der Waals surface area contributed by atoms with E-state index >= 15 is 0 Å². The first-order chi connectivity index (χ1) is 15.7. The Hall–Kier alpha value is -3.13. The van der Waals surface area contributed by atoms with Crippen LogP contribution in [0.5, 0.6) is 0 Å². The zero-order chi connectivity index (χ0) is 21.8. The number of hydrogen-bond acceptors (Lipinski definition) is 7. The smallest absolute Gasteiger partial charge is 0.251 e. The first-order valence-corrected chi connectivity index (χ1v) is 11.5. The summed E-state index contributed by atoms with van der Waals surface area (Å²) in [5.74, 6) is 1.77. The number of pyridine rings is 1. The molecule has 166 valence electrons. The van der Waals surface area contributed by atoms with Gasteiger partial charge in [-0.15, -0.1) is 0 Å². The van der Waals surface area contributed by atoms with Gasteiger partial charge in [-0.25, -0.2) is 15.0 Å². The third-order valence-electron chi connectivity index (χ3n) is 6.46. The second-order valence-corrected chi connectivity index (χ2v) is 8.74. The quantitative estimate of drug-likeness (QED) is 0.664. The Labute approximate surface area is 187 Å². The lowest BCUT2D eigenvalue weighted by atomic mass is 9.93. The summed E-state index contributed by atoms with van der Waals surface area (Å²) in [6.45, 7) is 4.92. The van der Waals surface area contributed by atoms with Crippen LogP contribution in [-0.4, -0.2) is 56.0 Å². The molecule has 0 amide bonds. The molecule has 0 aromatic carbocycles. The standard InChI is InChI=1S/C24H29N7O/c32-22-14-21(28-23(29-22)20-4-8-25-9-5-20)19-6-12-30(13-7-19)17-18-15-26-24(27-16-18)31-10-2-1-3-11-31/h4-5,8-9,14-16,19H,1-3,6-7,10-13,17H2,(H,28,29,32). The number of anilines is 1. The van der Waals surface area contributed by atoms with Crippen LogP contribution >= 0.6 is 0 Å². The highest BCUT2D eigenvalue weighted by Crippen LogP contribution is 2.28. The van der Waals surface area contributed by atoms with Gasteiger partial charge in [0.15, 0.2) is 0 Å². The summed E-state index contributed by atoms with van der Waals surface area (Å²) in [6, 6.07) is 5.38. The van der Waals surface area contributed by atoms with Crippen LogP contribution in [0.15, 0.2) is 47.8 Å². The number of H-pyrrole nitrogens is 1. The van der Waals surface area contributed by atoms with Crippen molar-refractivity contribution in [3.05, 3.63) is 64.6 Å². The lowest BCUT2D eigenvalue weighted by Gasteiger charge is -2.31. The number of likely N-dealkylation sites (tertiary alicyclic amines) is 1. The molecule has 2 fully saturated rings. The van der Waals surface area contributed by atoms with Gasteiger partial charge in [-0.1, -0.05) is 0 Å². The highest BCUT2D eigenvalue weighted by molar-refractivity contribution is 5.53. The third kappa shape index (κ3) is 4.85. The number of nitrogens with zero attached hydrogens (tertiary/aromatic N) is 6. The molecule has 1 N–H and O–H groups in total. The van der Waals surface area contributed by atoms with Gasteiger partial charge in [0.1, 0.15) is 5.82 Å². The molecule has 2 saturated heterocycles. The molecule has 2 aliphatic heterocycles. The Morgan fingerprint density at radius 2 is 1.69 bits per heavy atom. The molecule has 0 saturated carbocycles. The van der Waals surface area contributed by atoms with Gasteiger partial charge in [-0.05, 0) is 57.3 Å². The summed E-state index contributed by atoms with van der Waals surface area (Å²) in [5, 5.41) is 0. The van der Waals surface area contributed by atoms with E-state index in [1.54, 1.807) is 18.5 Å². The maximum Gasteiger partial charge on any atom is 0.251 e. The summed E-state index contributed by atoms with van der Waals surface area (Å²) in [4.78, 5) is 37.8. The van der Waals surface area contributed by atoms with Crippen LogP contribution in [-0.2, 0) is 6.54 Å². The van der Waals surface area contributed by atoms with Crippen LogP contribution < -0.4 is 10.5 Å². The molecule has 3 aromatic heterocycles. The van der Waals surface area contributed by atoms with Gasteiger partial charge in [0, 0.05) is 67.5 Å². The molecule has 0 radical (unpaired) electrons. The molecule has 2 aliphatic rings. The summed E-state index contributed by atoms with van der Waals surface area (Å²) in [6.07, 6.45) is 13.1. The number of nitrogens with one attached hydrogen (secondary N) is 1. The predicted molar refractivity (Wildman–Crippen MR) is 123 cm³/mol. The Bertz CT molecular complexity index is 1070. The summed E-state index contributed by atoms with van der Waals surface area (Å²) in [5.41, 5.74) is 2.81. The van der Waals surface area contributed by atoms with Crippen molar-refractivity contribution in [1.29, 1.82) is 0 Å². The molecule has 0 bridgehead atoms. The van der Waals surface area contributed by atoms with Crippen molar-refractivity contribution in [2.75, 3.05) is 31.1 Å². The highest BCUT2D eigenvalue weighted by atomic mass is 16.1. The van der Waals surface area contributed by atoms with Gasteiger partial charge in [0.25, 0.3) is 5.56 Å². The maximum atomic E-state index is 12.2. The molecule has 8 nitrogen and oxygen atoms in total. The number of rotatable bonds is 5. The molecule has 0 aliphatic carbocycles. The Morgan fingerprint density at radius 3 is 2.41 bits per heavy atom. The predicted octanol–water partition coefficient (Wildman–Crippen LogP) is 2.99. The molecule has 32 heavy (non-hydrogen) atoms.